The molecule has 0 N–H and O–H groups in total. The number of fused-ring (bicyclic) bond motifs is 1. The zero-order valence-electron chi connectivity index (χ0n) is 9.73. The molecule has 1 aliphatic rings. The molecule has 3 rings (SSSR count). The molecule has 0 saturated carbocycles. The highest BCUT2D eigenvalue weighted by atomic mass is 32.2. The van der Waals surface area contributed by atoms with Gasteiger partial charge in [0.2, 0.25) is 5.78 Å². The number of thioether (sulfide) groups is 1. The van der Waals surface area contributed by atoms with Crippen LogP contribution < -0.4 is 0 Å². The lowest BCUT2D eigenvalue weighted by atomic mass is 9.98. The smallest absolute Gasteiger partial charge is 0.213 e. The molecule has 17 heavy (non-hydrogen) atoms. The van der Waals surface area contributed by atoms with E-state index in [4.69, 9.17) is 4.42 Å². The molecule has 1 unspecified atom stereocenters. The molecule has 1 atom stereocenters. The molecule has 2 aromatic rings. The number of carbonyl (C=O) groups is 1. The standard InChI is InChI=1S/C14H14O2S/c1-14(7-4-8-17-14)13(15)12-9-10-5-2-3-6-11(10)16-12/h2-3,5-6,9H,4,7-8H2,1H3. The number of furan rings is 1. The van der Waals surface area contributed by atoms with Crippen LogP contribution in [0.1, 0.15) is 30.3 Å². The molecular weight excluding hydrogens is 232 g/mol. The Morgan fingerprint density at radius 1 is 1.41 bits per heavy atom. The number of rotatable bonds is 2. The lowest BCUT2D eigenvalue weighted by molar-refractivity contribution is 0.0923. The van der Waals surface area contributed by atoms with Gasteiger partial charge in [-0.3, -0.25) is 4.79 Å². The summed E-state index contributed by atoms with van der Waals surface area (Å²) in [6.07, 6.45) is 2.07. The first-order chi connectivity index (χ1) is 8.19. The Labute approximate surface area is 104 Å². The molecule has 1 saturated heterocycles. The largest absolute Gasteiger partial charge is 0.453 e. The van der Waals surface area contributed by atoms with E-state index in [0.29, 0.717) is 5.76 Å². The van der Waals surface area contributed by atoms with Gasteiger partial charge in [0.05, 0.1) is 4.75 Å². The van der Waals surface area contributed by atoms with Crippen molar-refractivity contribution >= 4 is 28.5 Å². The predicted octanol–water partition coefficient (Wildman–Crippen LogP) is 3.90. The van der Waals surface area contributed by atoms with Gasteiger partial charge in [-0.15, -0.1) is 11.8 Å². The van der Waals surface area contributed by atoms with Gasteiger partial charge in [-0.1, -0.05) is 18.2 Å². The number of benzene rings is 1. The maximum absolute atomic E-state index is 12.4. The van der Waals surface area contributed by atoms with E-state index in [2.05, 4.69) is 0 Å². The van der Waals surface area contributed by atoms with Gasteiger partial charge in [-0.2, -0.15) is 0 Å². The minimum Gasteiger partial charge on any atom is -0.453 e. The average Bonchev–Trinajstić information content (AvgIpc) is 2.94. The number of carbonyl (C=O) groups excluding carboxylic acids is 1. The summed E-state index contributed by atoms with van der Waals surface area (Å²) in [5.74, 6) is 1.71. The quantitative estimate of drug-likeness (QED) is 0.753. The highest BCUT2D eigenvalue weighted by Crippen LogP contribution is 2.40. The highest BCUT2D eigenvalue weighted by molar-refractivity contribution is 8.01. The fraction of sp³-hybridized carbons (Fsp3) is 0.357. The van der Waals surface area contributed by atoms with Crippen LogP contribution in [0.25, 0.3) is 11.0 Å². The Morgan fingerprint density at radius 3 is 2.94 bits per heavy atom. The van der Waals surface area contributed by atoms with Crippen LogP contribution in [0.4, 0.5) is 0 Å². The van der Waals surface area contributed by atoms with Crippen LogP contribution in [0.5, 0.6) is 0 Å². The molecule has 0 amide bonds. The zero-order chi connectivity index (χ0) is 11.9. The van der Waals surface area contributed by atoms with Crippen molar-refractivity contribution < 1.29 is 9.21 Å². The van der Waals surface area contributed by atoms with Crippen LogP contribution in [0.2, 0.25) is 0 Å². The summed E-state index contributed by atoms with van der Waals surface area (Å²) in [6, 6.07) is 9.61. The number of Topliss-reactive ketones (excluding diaryl/α,β-unsaturated/α-hetero) is 1. The molecule has 3 heteroatoms. The highest BCUT2D eigenvalue weighted by Gasteiger charge is 2.39. The van der Waals surface area contributed by atoms with E-state index in [1.807, 2.05) is 37.3 Å². The summed E-state index contributed by atoms with van der Waals surface area (Å²) >= 11 is 1.75. The van der Waals surface area contributed by atoms with E-state index < -0.39 is 0 Å². The fourth-order valence-corrected chi connectivity index (χ4v) is 3.57. The van der Waals surface area contributed by atoms with Crippen LogP contribution >= 0.6 is 11.8 Å². The summed E-state index contributed by atoms with van der Waals surface area (Å²) in [5, 5.41) is 1.00. The molecular formula is C14H14O2S. The Bertz CT molecular complexity index is 531. The fourth-order valence-electron chi connectivity index (χ4n) is 2.31. The van der Waals surface area contributed by atoms with Crippen LogP contribution in [0, 0.1) is 0 Å². The molecule has 2 heterocycles. The van der Waals surface area contributed by atoms with Crippen molar-refractivity contribution in [2.45, 2.75) is 24.5 Å². The second kappa shape index (κ2) is 3.91. The monoisotopic (exact) mass is 246 g/mol. The first kappa shape index (κ1) is 10.9. The van der Waals surface area contributed by atoms with Crippen LogP contribution in [0.3, 0.4) is 0 Å². The maximum atomic E-state index is 12.4. The lowest BCUT2D eigenvalue weighted by Gasteiger charge is -2.18. The van der Waals surface area contributed by atoms with Gasteiger partial charge >= 0.3 is 0 Å². The molecule has 0 radical (unpaired) electrons. The predicted molar refractivity (Wildman–Crippen MR) is 70.6 cm³/mol. The summed E-state index contributed by atoms with van der Waals surface area (Å²) in [6.45, 7) is 2.03. The van der Waals surface area contributed by atoms with Gasteiger partial charge in [0, 0.05) is 5.39 Å². The Morgan fingerprint density at radius 2 is 2.24 bits per heavy atom. The third-order valence-electron chi connectivity index (χ3n) is 3.35. The molecule has 2 nitrogen and oxygen atoms in total. The molecule has 1 aliphatic heterocycles. The average molecular weight is 246 g/mol. The first-order valence-electron chi connectivity index (χ1n) is 5.86. The van der Waals surface area contributed by atoms with Gasteiger partial charge in [-0.25, -0.2) is 0 Å². The van der Waals surface area contributed by atoms with E-state index in [-0.39, 0.29) is 10.5 Å². The summed E-state index contributed by atoms with van der Waals surface area (Å²) in [4.78, 5) is 12.4. The number of hydrogen-bond acceptors (Lipinski definition) is 3. The molecule has 0 spiro atoms. The minimum absolute atomic E-state index is 0.135. The van der Waals surface area contributed by atoms with Crippen LogP contribution in [-0.2, 0) is 0 Å². The van der Waals surface area contributed by atoms with Crippen molar-refractivity contribution in [1.29, 1.82) is 0 Å². The molecule has 0 aliphatic carbocycles. The zero-order valence-corrected chi connectivity index (χ0v) is 10.5. The summed E-state index contributed by atoms with van der Waals surface area (Å²) < 4.78 is 5.36. The Balaban J connectivity index is 2.01. The molecule has 1 aromatic heterocycles. The van der Waals surface area contributed by atoms with Crippen molar-refractivity contribution in [3.63, 3.8) is 0 Å². The summed E-state index contributed by atoms with van der Waals surface area (Å²) in [7, 11) is 0. The second-order valence-electron chi connectivity index (χ2n) is 4.66. The van der Waals surface area contributed by atoms with Crippen molar-refractivity contribution in [2.75, 3.05) is 5.75 Å². The normalized spacial score (nSPS) is 24.3. The van der Waals surface area contributed by atoms with Crippen LogP contribution in [-0.4, -0.2) is 16.3 Å². The number of ketones is 1. The van der Waals surface area contributed by atoms with Gasteiger partial charge in [-0.05, 0) is 37.7 Å². The van der Waals surface area contributed by atoms with E-state index in [1.165, 1.54) is 0 Å². The SMILES string of the molecule is CC1(C(=O)c2cc3ccccc3o2)CCCS1. The van der Waals surface area contributed by atoms with E-state index in [0.717, 1.165) is 29.6 Å². The lowest BCUT2D eigenvalue weighted by Crippen LogP contribution is -2.28. The minimum atomic E-state index is -0.284. The second-order valence-corrected chi connectivity index (χ2v) is 6.26. The van der Waals surface area contributed by atoms with E-state index >= 15 is 0 Å². The molecule has 1 aromatic carbocycles. The van der Waals surface area contributed by atoms with E-state index in [9.17, 15) is 4.79 Å². The topological polar surface area (TPSA) is 30.2 Å². The van der Waals surface area contributed by atoms with Gasteiger partial charge in [0.1, 0.15) is 5.58 Å². The number of hydrogen-bond donors (Lipinski definition) is 0. The Kier molecular flexibility index (Phi) is 2.51. The Hall–Kier alpha value is -1.22. The van der Waals surface area contributed by atoms with Gasteiger partial charge < -0.3 is 4.42 Å². The van der Waals surface area contributed by atoms with Crippen molar-refractivity contribution in [3.8, 4) is 0 Å². The molecule has 0 bridgehead atoms. The van der Waals surface area contributed by atoms with Crippen molar-refractivity contribution in [1.82, 2.24) is 0 Å². The maximum Gasteiger partial charge on any atom is 0.213 e. The van der Waals surface area contributed by atoms with Gasteiger partial charge in [0.25, 0.3) is 0 Å². The third kappa shape index (κ3) is 1.78. The third-order valence-corrected chi connectivity index (χ3v) is 4.87. The van der Waals surface area contributed by atoms with Crippen molar-refractivity contribution in [3.05, 3.63) is 36.1 Å². The summed E-state index contributed by atoms with van der Waals surface area (Å²) in [5.41, 5.74) is 0.794. The molecule has 1 fully saturated rings. The number of para-hydroxylation sites is 1. The molecule has 88 valence electrons. The van der Waals surface area contributed by atoms with Crippen molar-refractivity contribution in [2.24, 2.45) is 0 Å². The van der Waals surface area contributed by atoms with Gasteiger partial charge in [0.15, 0.2) is 5.76 Å². The van der Waals surface area contributed by atoms with E-state index in [1.54, 1.807) is 11.8 Å². The first-order valence-corrected chi connectivity index (χ1v) is 6.85. The van der Waals surface area contributed by atoms with Crippen LogP contribution in [0.15, 0.2) is 34.7 Å².